The molecule has 13 heterocycles. The predicted octanol–water partition coefficient (Wildman–Crippen LogP) is 27.8. The molecule has 492 valence electrons. The third-order valence-electron chi connectivity index (χ3n) is 21.9. The van der Waals surface area contributed by atoms with Crippen LogP contribution in [-0.2, 0) is 0 Å². The van der Waals surface area contributed by atoms with Crippen molar-refractivity contribution >= 4 is 184 Å². The number of fused-ring (bicyclic) bond motifs is 8. The molecule has 0 N–H and O–H groups in total. The lowest BCUT2D eigenvalue weighted by Gasteiger charge is -2.11. The van der Waals surface area contributed by atoms with Gasteiger partial charge in [-0.3, -0.25) is 0 Å². The van der Waals surface area contributed by atoms with Crippen LogP contribution in [0, 0.1) is 0 Å². The molecule has 0 aliphatic carbocycles. The molecule has 0 saturated heterocycles. The van der Waals surface area contributed by atoms with E-state index in [2.05, 4.69) is 397 Å². The summed E-state index contributed by atoms with van der Waals surface area (Å²) in [7, 11) is 0. The maximum absolute atomic E-state index is 5.31. The standard InChI is InChI=1S/C102H64N4/c1-2-17-89(18-3-1)105-97-21-6-4-19-91(97)93-63-85(51-55-99(93)105)86-52-56-100-94(64-86)92-20-5-7-22-98(92)106(100)90-61-87-60-88(62-90)84-16-10-14-82(59-84)74-37-35-73(36-38-74)80-12-8-11-79(57-80)71-31-29-68(30-32-71)70-41-45-76(46-42-70)96-54-50-78-48-47-77-49-53-95(103-101(77)102(78)104-96)75-43-39-69(40-44-75)66-25-23-65(24-26-66)67-27-33-72(34-28-67)81-13-9-15-83(87)58-81/h1-64H. The molecule has 16 aromatic carbocycles. The maximum Gasteiger partial charge on any atom is 0.0972 e. The summed E-state index contributed by atoms with van der Waals surface area (Å²) in [6.45, 7) is 0. The number of para-hydroxylation sites is 3. The van der Waals surface area contributed by atoms with Crippen LogP contribution in [0.3, 0.4) is 0 Å². The quantitative estimate of drug-likeness (QED) is 0.165. The van der Waals surface area contributed by atoms with E-state index < -0.39 is 0 Å². The van der Waals surface area contributed by atoms with Crippen molar-refractivity contribution in [2.75, 3.05) is 0 Å². The van der Waals surface area contributed by atoms with E-state index >= 15 is 0 Å². The normalized spacial score (nSPS) is 11.8. The smallest absolute Gasteiger partial charge is 0.0972 e. The summed E-state index contributed by atoms with van der Waals surface area (Å²) in [5.74, 6) is 0. The van der Waals surface area contributed by atoms with Gasteiger partial charge in [0.15, 0.2) is 0 Å². The lowest BCUT2D eigenvalue weighted by Crippen LogP contribution is -1.94. The second-order valence-corrected chi connectivity index (χ2v) is 28.1. The Morgan fingerprint density at radius 2 is 0.425 bits per heavy atom. The van der Waals surface area contributed by atoms with Gasteiger partial charge in [0.05, 0.1) is 44.1 Å². The van der Waals surface area contributed by atoms with Gasteiger partial charge in [0.25, 0.3) is 0 Å². The van der Waals surface area contributed by atoms with Gasteiger partial charge >= 0.3 is 0 Å². The number of nitrogens with zero attached hydrogens (tertiary/aromatic N) is 4. The number of rotatable bonds is 3. The second-order valence-electron chi connectivity index (χ2n) is 28.1. The second kappa shape index (κ2) is 24.9. The van der Waals surface area contributed by atoms with Gasteiger partial charge < -0.3 is 9.13 Å². The van der Waals surface area contributed by atoms with Crippen molar-refractivity contribution in [3.8, 4) is 22.5 Å². The molecule has 4 nitrogen and oxygen atoms in total. The minimum absolute atomic E-state index is 0.895. The molecule has 0 aliphatic heterocycles. The summed E-state index contributed by atoms with van der Waals surface area (Å²) in [4.78, 5) is 10.6. The minimum atomic E-state index is 0.895. The molecule has 0 spiro atoms. The lowest BCUT2D eigenvalue weighted by molar-refractivity contribution is 1.18. The summed E-state index contributed by atoms with van der Waals surface area (Å²) < 4.78 is 4.86. The van der Waals surface area contributed by atoms with Crippen molar-refractivity contribution in [1.29, 1.82) is 0 Å². The van der Waals surface area contributed by atoms with Gasteiger partial charge in [-0.05, 0) is 205 Å². The van der Waals surface area contributed by atoms with E-state index in [1.54, 1.807) is 0 Å². The molecular formula is C102H64N4. The summed E-state index contributed by atoms with van der Waals surface area (Å²) in [5.41, 5.74) is 12.9. The first-order valence-electron chi connectivity index (χ1n) is 36.4. The fourth-order valence-corrected chi connectivity index (χ4v) is 16.3. The molecule has 29 rings (SSSR count). The number of benzene rings is 16. The van der Waals surface area contributed by atoms with Crippen molar-refractivity contribution in [2.24, 2.45) is 0 Å². The van der Waals surface area contributed by atoms with Crippen LogP contribution in [-0.4, -0.2) is 19.1 Å². The maximum atomic E-state index is 5.31. The zero-order chi connectivity index (χ0) is 69.8. The van der Waals surface area contributed by atoms with Crippen molar-refractivity contribution in [2.45, 2.75) is 0 Å². The molecule has 0 amide bonds. The molecule has 0 atom stereocenters. The van der Waals surface area contributed by atoms with Gasteiger partial charge in [-0.2, -0.15) is 0 Å². The molecule has 0 radical (unpaired) electrons. The van der Waals surface area contributed by atoms with Gasteiger partial charge in [-0.1, -0.05) is 291 Å². The number of hydrogen-bond donors (Lipinski definition) is 0. The molecule has 0 unspecified atom stereocenters. The van der Waals surface area contributed by atoms with E-state index in [-0.39, 0.29) is 0 Å². The molecular weight excluding hydrogens is 1280 g/mol. The summed E-state index contributed by atoms with van der Waals surface area (Å²) in [6.07, 6.45) is 0. The van der Waals surface area contributed by atoms with Crippen LogP contribution in [0.15, 0.2) is 388 Å². The average molecular weight is 1350 g/mol. The number of pyridine rings is 2. The zero-order valence-corrected chi connectivity index (χ0v) is 57.7. The Morgan fingerprint density at radius 3 is 0.792 bits per heavy atom. The third-order valence-corrected chi connectivity index (χ3v) is 21.9. The summed E-state index contributed by atoms with van der Waals surface area (Å²) in [5, 5.41) is 29.9. The first-order chi connectivity index (χ1) is 52.4. The lowest BCUT2D eigenvalue weighted by atomic mass is 10.0. The highest BCUT2D eigenvalue weighted by Gasteiger charge is 2.18. The van der Waals surface area contributed by atoms with Gasteiger partial charge in [0.2, 0.25) is 0 Å². The van der Waals surface area contributed by atoms with Crippen LogP contribution < -0.4 is 0 Å². The topological polar surface area (TPSA) is 35.6 Å². The van der Waals surface area contributed by atoms with E-state index in [1.165, 1.54) is 76.0 Å². The highest BCUT2D eigenvalue weighted by atomic mass is 15.0. The van der Waals surface area contributed by atoms with Crippen LogP contribution in [0.1, 0.15) is 0 Å². The van der Waals surface area contributed by atoms with Gasteiger partial charge in [0, 0.05) is 54.5 Å². The van der Waals surface area contributed by atoms with E-state index in [0.29, 0.717) is 0 Å². The summed E-state index contributed by atoms with van der Waals surface area (Å²) in [6, 6.07) is 143. The van der Waals surface area contributed by atoms with E-state index in [0.717, 1.165) is 131 Å². The fourth-order valence-electron chi connectivity index (χ4n) is 16.3. The monoisotopic (exact) mass is 1340 g/mol. The number of aromatic nitrogens is 4. The zero-order valence-electron chi connectivity index (χ0n) is 57.7. The average Bonchev–Trinajstić information content (AvgIpc) is 1.59. The Bertz CT molecular complexity index is 7530. The van der Waals surface area contributed by atoms with Gasteiger partial charge in [-0.15, -0.1) is 0 Å². The Kier molecular flexibility index (Phi) is 14.2. The van der Waals surface area contributed by atoms with Crippen molar-refractivity contribution in [3.63, 3.8) is 0 Å². The Labute approximate surface area is 610 Å². The van der Waals surface area contributed by atoms with Crippen LogP contribution in [0.2, 0.25) is 0 Å². The van der Waals surface area contributed by atoms with Crippen LogP contribution in [0.4, 0.5) is 0 Å². The highest BCUT2D eigenvalue weighted by Crippen LogP contribution is 2.40. The summed E-state index contributed by atoms with van der Waals surface area (Å²) >= 11 is 0. The highest BCUT2D eigenvalue weighted by molar-refractivity contribution is 6.14. The largest absolute Gasteiger partial charge is 0.309 e. The molecule has 13 aromatic heterocycles. The SMILES string of the molecule is c1ccc(-n2c3ccccc3c3cc(-c4ccc5c(c4)c4ccccc4n5-c4cc5cc(c4)c4cccc(c4)c4ccc(cc4)c4cccc(c4)c4ccc(cc4)c4ccc(cc4)c4ccc6ccc7ccc(nc7c6n4)c4ccc(cc4)c4ccc(cc4)c4ccc(cc4)c4cccc5c4)ccc32)cc1. The molecule has 106 heavy (non-hydrogen) atoms. The Balaban J connectivity index is 0.732. The third kappa shape index (κ3) is 10.6. The fraction of sp³-hybridized carbons (Fsp3) is 0. The molecule has 4 heteroatoms. The van der Waals surface area contributed by atoms with Gasteiger partial charge in [-0.25, -0.2) is 9.97 Å². The molecule has 24 bridgehead atoms. The van der Waals surface area contributed by atoms with E-state index in [9.17, 15) is 0 Å². The molecule has 0 saturated carbocycles. The van der Waals surface area contributed by atoms with Crippen molar-refractivity contribution in [3.05, 3.63) is 388 Å². The predicted molar refractivity (Wildman–Crippen MR) is 454 cm³/mol. The Hall–Kier alpha value is -14.1. The molecule has 29 aromatic rings. The van der Waals surface area contributed by atoms with Crippen molar-refractivity contribution < 1.29 is 0 Å². The van der Waals surface area contributed by atoms with Crippen molar-refractivity contribution in [1.82, 2.24) is 19.1 Å². The van der Waals surface area contributed by atoms with E-state index in [4.69, 9.17) is 9.97 Å². The molecule has 0 fully saturated rings. The minimum Gasteiger partial charge on any atom is -0.309 e. The first kappa shape index (κ1) is 60.7. The van der Waals surface area contributed by atoms with E-state index in [1.807, 2.05) is 0 Å². The van der Waals surface area contributed by atoms with Gasteiger partial charge in [0.1, 0.15) is 0 Å². The number of hydrogen-bond acceptors (Lipinski definition) is 2. The molecule has 0 aliphatic rings. The first-order valence-corrected chi connectivity index (χ1v) is 36.4. The van der Waals surface area contributed by atoms with Crippen LogP contribution >= 0.6 is 0 Å². The Morgan fingerprint density at radius 1 is 0.151 bits per heavy atom. The van der Waals surface area contributed by atoms with Crippen LogP contribution in [0.5, 0.6) is 0 Å². The van der Waals surface area contributed by atoms with Crippen LogP contribution in [0.25, 0.3) is 207 Å².